The summed E-state index contributed by atoms with van der Waals surface area (Å²) in [5.74, 6) is -14.1. The Kier molecular flexibility index (Phi) is 49.0. The molecule has 28 nitrogen and oxygen atoms in total. The van der Waals surface area contributed by atoms with Gasteiger partial charge in [0.1, 0.15) is 6.10 Å². The van der Waals surface area contributed by atoms with Crippen molar-refractivity contribution in [1.82, 2.24) is 31.9 Å². The van der Waals surface area contributed by atoms with Crippen LogP contribution in [0.4, 0.5) is 79.0 Å². The lowest BCUT2D eigenvalue weighted by molar-refractivity contribution is -0.173. The molecule has 0 aromatic rings. The number of phosphoric acid groups is 3. The van der Waals surface area contributed by atoms with Crippen LogP contribution in [0.15, 0.2) is 0 Å². The van der Waals surface area contributed by atoms with Crippen LogP contribution < -0.4 is 31.9 Å². The molecule has 0 aliphatic heterocycles. The topological polar surface area (TPSA) is 386 Å². The van der Waals surface area contributed by atoms with Crippen LogP contribution in [0.25, 0.3) is 0 Å². The first-order chi connectivity index (χ1) is 50.1. The van der Waals surface area contributed by atoms with Crippen molar-refractivity contribution in [3.63, 3.8) is 0 Å². The monoisotopic (exact) mass is 1670 g/mol. The summed E-state index contributed by atoms with van der Waals surface area (Å²) in [5, 5.41) is 28.0. The van der Waals surface area contributed by atoms with Crippen LogP contribution in [-0.4, -0.2) is 195 Å². The van der Waals surface area contributed by atoms with E-state index in [2.05, 4.69) is 0 Å². The summed E-state index contributed by atoms with van der Waals surface area (Å²) in [7, 11) is -14.7. The molecule has 0 aliphatic carbocycles. The van der Waals surface area contributed by atoms with Crippen LogP contribution in [0.5, 0.6) is 0 Å². The Morgan fingerprint density at radius 3 is 0.889 bits per heavy atom. The Balaban J connectivity index is 6.66. The van der Waals surface area contributed by atoms with Gasteiger partial charge < -0.3 is 46.3 Å². The van der Waals surface area contributed by atoms with Crippen molar-refractivity contribution in [3.8, 4) is 12.1 Å². The third-order valence-corrected chi connectivity index (χ3v) is 19.2. The van der Waals surface area contributed by atoms with E-state index < -0.39 is 218 Å². The Morgan fingerprint density at radius 2 is 0.620 bits per heavy atom. The number of nitrogens with one attached hydrogen (secondary N) is 6. The number of hydrogen-bond donors (Lipinski definition) is 7. The molecule has 0 heterocycles. The first kappa shape index (κ1) is 103. The molecule has 0 saturated heterocycles. The highest BCUT2D eigenvalue weighted by molar-refractivity contribution is 7.48. The van der Waals surface area contributed by atoms with Crippen LogP contribution in [0.2, 0.25) is 0 Å². The standard InChI is InChI=1S/C59H93F18N8O20P3/c1-3-5-6-9-35-100-108(95,102-38-19-27-79)105-45(40-97-43-53(23-15-31-83-49(89)57(69,70)71,24-16-32-84-50(90)58(72,73)74)25-17-33-85-51(91)59(75,76)77)41-103-106(92,93)98-34-10-7-8-11-36-99-107(94,101-37-18-26-78)104-44(4-2)39-96-42-52(20-12-28-80-46(86)54(60,61)62,21-13-29-81-47(87)55(63,64)65)22-14-30-82-48(88)56(66,67)68/h44-45H,3-25,28-43H2,1-2H3,(H,80,86)(H,81,87)(H,82,88)(H,83,89)(H,84,90)(H,85,91)(H,92,93). The lowest BCUT2D eigenvalue weighted by atomic mass is 9.75. The predicted octanol–water partition coefficient (Wildman–Crippen LogP) is 12.3. The van der Waals surface area contributed by atoms with Crippen molar-refractivity contribution in [2.45, 2.75) is 211 Å². The molecule has 0 bridgehead atoms. The summed E-state index contributed by atoms with van der Waals surface area (Å²) in [6.07, 6.45) is -36.8. The normalized spacial score (nSPS) is 15.0. The molecule has 108 heavy (non-hydrogen) atoms. The number of rotatable bonds is 61. The van der Waals surface area contributed by atoms with E-state index in [0.717, 1.165) is 6.42 Å². The van der Waals surface area contributed by atoms with E-state index in [4.69, 9.17) is 50.9 Å². The minimum atomic E-state index is -5.35. The lowest BCUT2D eigenvalue weighted by Crippen LogP contribution is -2.40. The fraction of sp³-hybridized carbons (Fsp3) is 0.864. The zero-order chi connectivity index (χ0) is 82.4. The summed E-state index contributed by atoms with van der Waals surface area (Å²) in [4.78, 5) is 80.3. The minimum Gasteiger partial charge on any atom is -0.378 e. The van der Waals surface area contributed by atoms with Gasteiger partial charge in [0, 0.05) is 39.3 Å². The Labute approximate surface area is 611 Å². The van der Waals surface area contributed by atoms with Crippen molar-refractivity contribution >= 4 is 58.9 Å². The smallest absolute Gasteiger partial charge is 0.378 e. The number of ether oxygens (including phenoxy) is 2. The molecule has 0 spiro atoms. The van der Waals surface area contributed by atoms with E-state index in [0.29, 0.717) is 12.8 Å². The highest BCUT2D eigenvalue weighted by Gasteiger charge is 2.44. The number of nitrogens with zero attached hydrogens (tertiary/aromatic N) is 2. The van der Waals surface area contributed by atoms with Gasteiger partial charge in [0.05, 0.1) is 97.2 Å². The quantitative estimate of drug-likeness (QED) is 0.0169. The fourth-order valence-electron chi connectivity index (χ4n) is 9.72. The van der Waals surface area contributed by atoms with Gasteiger partial charge in [0.15, 0.2) is 0 Å². The molecule has 0 aromatic carbocycles. The summed E-state index contributed by atoms with van der Waals surface area (Å²) >= 11 is 0. The van der Waals surface area contributed by atoms with E-state index in [9.17, 15) is 132 Å². The average Bonchev–Trinajstić information content (AvgIpc) is 0.854. The zero-order valence-electron chi connectivity index (χ0n) is 59.0. The van der Waals surface area contributed by atoms with E-state index in [-0.39, 0.29) is 135 Å². The minimum absolute atomic E-state index is 0.0252. The number of phosphoric ester groups is 3. The second-order valence-corrected chi connectivity index (χ2v) is 28.8. The van der Waals surface area contributed by atoms with Crippen molar-refractivity contribution < 1.29 is 172 Å². The molecule has 630 valence electrons. The number of hydrogen-bond acceptors (Lipinski definition) is 21. The van der Waals surface area contributed by atoms with E-state index in [1.54, 1.807) is 44.0 Å². The van der Waals surface area contributed by atoms with Gasteiger partial charge >= 0.3 is 96.0 Å². The summed E-state index contributed by atoms with van der Waals surface area (Å²) in [6.45, 7) is -6.67. The number of amides is 6. The van der Waals surface area contributed by atoms with Gasteiger partial charge in [-0.05, 0) is 114 Å². The molecule has 5 unspecified atom stereocenters. The highest BCUT2D eigenvalue weighted by atomic mass is 31.2. The predicted molar refractivity (Wildman–Crippen MR) is 340 cm³/mol. The summed E-state index contributed by atoms with van der Waals surface area (Å²) < 4.78 is 331. The maximum absolute atomic E-state index is 14.1. The first-order valence-corrected chi connectivity index (χ1v) is 38.3. The van der Waals surface area contributed by atoms with Crippen LogP contribution in [0.3, 0.4) is 0 Å². The first-order valence-electron chi connectivity index (χ1n) is 33.8. The summed E-state index contributed by atoms with van der Waals surface area (Å²) in [5.41, 5.74) is -2.91. The van der Waals surface area contributed by atoms with Crippen LogP contribution in [0.1, 0.15) is 162 Å². The van der Waals surface area contributed by atoms with Gasteiger partial charge in [0.25, 0.3) is 0 Å². The maximum atomic E-state index is 14.1. The summed E-state index contributed by atoms with van der Waals surface area (Å²) in [6, 6.07) is 3.48. The molecule has 0 radical (unpaired) electrons. The average molecular weight is 1670 g/mol. The molecule has 0 saturated carbocycles. The maximum Gasteiger partial charge on any atom is 0.475 e. The molecule has 7 N–H and O–H groups in total. The number of carbonyl (C=O) groups is 6. The largest absolute Gasteiger partial charge is 0.475 e. The fourth-order valence-corrected chi connectivity index (χ4v) is 13.3. The number of unbranched alkanes of at least 4 members (excludes halogenated alkanes) is 6. The molecule has 0 fully saturated rings. The third kappa shape index (κ3) is 48.5. The molecule has 49 heteroatoms. The Bertz CT molecular complexity index is 2730. The number of alkyl halides is 18. The molecular formula is C59H93F18N8O20P3. The second kappa shape index (κ2) is 51.4. The van der Waals surface area contributed by atoms with Crippen LogP contribution in [-0.2, 0) is 88.1 Å². The Hall–Kier alpha value is -5.21. The van der Waals surface area contributed by atoms with Gasteiger partial charge in [-0.3, -0.25) is 65.0 Å². The van der Waals surface area contributed by atoms with Gasteiger partial charge in [-0.2, -0.15) is 89.6 Å². The SMILES string of the molecule is CCCCCCOP(=O)(OCCC#N)OC(COCC(CCCNC(=O)C(F)(F)F)(CCCNC(=O)C(F)(F)F)CCCNC(=O)C(F)(F)F)COP(=O)(O)OCCCCCCOP(=O)(OCCC#N)OC(CC)COCC(CCCNC(=O)C(F)(F)F)(CCCNC(=O)C(F)(F)F)CCCNC(=O)C(F)(F)F. The van der Waals surface area contributed by atoms with Crippen molar-refractivity contribution in [2.24, 2.45) is 10.8 Å². The Morgan fingerprint density at radius 1 is 0.361 bits per heavy atom. The van der Waals surface area contributed by atoms with Crippen molar-refractivity contribution in [2.75, 3.05) is 105 Å². The number of nitriles is 2. The second-order valence-electron chi connectivity index (χ2n) is 24.2. The van der Waals surface area contributed by atoms with Gasteiger partial charge in [-0.25, -0.2) is 13.7 Å². The van der Waals surface area contributed by atoms with Crippen molar-refractivity contribution in [3.05, 3.63) is 0 Å². The van der Waals surface area contributed by atoms with Crippen LogP contribution in [0, 0.1) is 33.5 Å². The molecule has 5 atom stereocenters. The van der Waals surface area contributed by atoms with Gasteiger partial charge in [-0.1, -0.05) is 46.0 Å². The van der Waals surface area contributed by atoms with Crippen molar-refractivity contribution in [1.29, 1.82) is 10.5 Å². The zero-order valence-corrected chi connectivity index (χ0v) is 61.7. The molecule has 6 amide bonds. The molecule has 0 aliphatic rings. The number of halogens is 18. The number of carbonyl (C=O) groups excluding carboxylic acids is 6. The molecule has 0 rings (SSSR count). The molecular weight excluding hydrogens is 1580 g/mol. The van der Waals surface area contributed by atoms with Gasteiger partial charge in [0.2, 0.25) is 0 Å². The van der Waals surface area contributed by atoms with E-state index in [1.807, 2.05) is 6.92 Å². The van der Waals surface area contributed by atoms with Crippen LogP contribution >= 0.6 is 23.5 Å². The third-order valence-electron chi connectivity index (χ3n) is 15.1. The van der Waals surface area contributed by atoms with E-state index in [1.165, 1.54) is 6.92 Å². The highest BCUT2D eigenvalue weighted by Crippen LogP contribution is 2.53. The molecule has 0 aromatic heterocycles. The van der Waals surface area contributed by atoms with Gasteiger partial charge in [-0.15, -0.1) is 0 Å². The lowest BCUT2D eigenvalue weighted by Gasteiger charge is -2.35. The van der Waals surface area contributed by atoms with E-state index >= 15 is 0 Å².